The molecule has 0 aliphatic carbocycles. The molecule has 4 rings (SSSR count). The van der Waals surface area contributed by atoms with E-state index in [-0.39, 0.29) is 5.91 Å². The number of nitrogens with zero attached hydrogens (tertiary/aromatic N) is 3. The standard InChI is InChI=1S/C29H34N4O2/c1-3-22(2)23-10-12-25(13-11-23)35-21-7-6-20-33-27-9-5-4-8-26(27)32-28(33)16-19-31-29(34)24-14-17-30-18-15-24/h4-5,8-15,17-18,22H,3,6-7,16,19-21H2,1-2H3,(H,31,34). The number of para-hydroxylation sites is 2. The van der Waals surface area contributed by atoms with Gasteiger partial charge in [-0.1, -0.05) is 38.1 Å². The van der Waals surface area contributed by atoms with Crippen LogP contribution in [0.3, 0.4) is 0 Å². The number of aryl methyl sites for hydroxylation is 1. The predicted molar refractivity (Wildman–Crippen MR) is 140 cm³/mol. The van der Waals surface area contributed by atoms with Gasteiger partial charge in [0.25, 0.3) is 5.91 Å². The van der Waals surface area contributed by atoms with Gasteiger partial charge in [0.2, 0.25) is 0 Å². The summed E-state index contributed by atoms with van der Waals surface area (Å²) in [6.45, 7) is 6.54. The van der Waals surface area contributed by atoms with Crippen molar-refractivity contribution >= 4 is 16.9 Å². The second-order valence-corrected chi connectivity index (χ2v) is 8.84. The summed E-state index contributed by atoms with van der Waals surface area (Å²) in [5, 5.41) is 2.99. The largest absolute Gasteiger partial charge is 0.494 e. The third-order valence-electron chi connectivity index (χ3n) is 6.42. The van der Waals surface area contributed by atoms with Gasteiger partial charge in [-0.25, -0.2) is 4.98 Å². The van der Waals surface area contributed by atoms with Crippen LogP contribution in [0.2, 0.25) is 0 Å². The molecule has 0 saturated heterocycles. The number of hydrogen-bond donors (Lipinski definition) is 1. The van der Waals surface area contributed by atoms with Crippen LogP contribution in [0.15, 0.2) is 73.1 Å². The third kappa shape index (κ3) is 6.47. The van der Waals surface area contributed by atoms with Crippen LogP contribution in [0.4, 0.5) is 0 Å². The fraction of sp³-hybridized carbons (Fsp3) is 0.345. The summed E-state index contributed by atoms with van der Waals surface area (Å²) >= 11 is 0. The van der Waals surface area contributed by atoms with Crippen molar-refractivity contribution in [3.63, 3.8) is 0 Å². The molecule has 35 heavy (non-hydrogen) atoms. The van der Waals surface area contributed by atoms with E-state index in [0.717, 1.165) is 48.4 Å². The van der Waals surface area contributed by atoms with E-state index in [1.54, 1.807) is 24.5 Å². The SMILES string of the molecule is CCC(C)c1ccc(OCCCCn2c(CCNC(=O)c3ccncc3)nc3ccccc32)cc1. The molecule has 0 spiro atoms. The number of nitrogens with one attached hydrogen (secondary N) is 1. The Labute approximate surface area is 207 Å². The minimum absolute atomic E-state index is 0.0932. The van der Waals surface area contributed by atoms with E-state index in [1.165, 1.54) is 5.56 Å². The summed E-state index contributed by atoms with van der Waals surface area (Å²) in [4.78, 5) is 21.1. The molecule has 0 radical (unpaired) electrons. The van der Waals surface area contributed by atoms with Crippen molar-refractivity contribution in [1.82, 2.24) is 19.9 Å². The zero-order valence-corrected chi connectivity index (χ0v) is 20.6. The Balaban J connectivity index is 1.29. The molecule has 0 aliphatic heterocycles. The molecule has 1 N–H and O–H groups in total. The van der Waals surface area contributed by atoms with Crippen molar-refractivity contribution in [2.24, 2.45) is 0 Å². The summed E-state index contributed by atoms with van der Waals surface area (Å²) in [6.07, 6.45) is 7.01. The number of fused-ring (bicyclic) bond motifs is 1. The van der Waals surface area contributed by atoms with Gasteiger partial charge in [-0.15, -0.1) is 0 Å². The molecule has 1 atom stereocenters. The van der Waals surface area contributed by atoms with E-state index in [9.17, 15) is 4.79 Å². The first-order chi connectivity index (χ1) is 17.2. The van der Waals surface area contributed by atoms with Gasteiger partial charge < -0.3 is 14.6 Å². The number of amides is 1. The van der Waals surface area contributed by atoms with Crippen LogP contribution < -0.4 is 10.1 Å². The van der Waals surface area contributed by atoms with Crippen molar-refractivity contribution in [1.29, 1.82) is 0 Å². The summed E-state index contributed by atoms with van der Waals surface area (Å²) in [6, 6.07) is 20.1. The third-order valence-corrected chi connectivity index (χ3v) is 6.42. The van der Waals surface area contributed by atoms with E-state index >= 15 is 0 Å². The molecule has 4 aromatic rings. The van der Waals surface area contributed by atoms with E-state index < -0.39 is 0 Å². The minimum atomic E-state index is -0.0932. The van der Waals surface area contributed by atoms with Crippen LogP contribution in [-0.4, -0.2) is 33.6 Å². The quantitative estimate of drug-likeness (QED) is 0.267. The lowest BCUT2D eigenvalue weighted by Crippen LogP contribution is -2.26. The highest BCUT2D eigenvalue weighted by Gasteiger charge is 2.11. The maximum atomic E-state index is 12.3. The summed E-state index contributed by atoms with van der Waals surface area (Å²) in [5.41, 5.74) is 4.09. The highest BCUT2D eigenvalue weighted by Crippen LogP contribution is 2.22. The average molecular weight is 471 g/mol. The van der Waals surface area contributed by atoms with Crippen molar-refractivity contribution in [2.75, 3.05) is 13.2 Å². The molecule has 2 aromatic heterocycles. The number of carbonyl (C=O) groups excluding carboxylic acids is 1. The first kappa shape index (κ1) is 24.5. The summed E-state index contributed by atoms with van der Waals surface area (Å²) in [5.74, 6) is 2.40. The van der Waals surface area contributed by atoms with Crippen LogP contribution >= 0.6 is 0 Å². The number of ether oxygens (including phenoxy) is 1. The Bertz CT molecular complexity index is 1220. The maximum Gasteiger partial charge on any atom is 0.251 e. The second-order valence-electron chi connectivity index (χ2n) is 8.84. The van der Waals surface area contributed by atoms with Crippen LogP contribution in [0.25, 0.3) is 11.0 Å². The Morgan fingerprint density at radius 3 is 2.57 bits per heavy atom. The molecule has 0 aliphatic rings. The number of imidazole rings is 1. The second kappa shape index (κ2) is 12.2. The molecule has 6 heteroatoms. The van der Waals surface area contributed by atoms with Crippen LogP contribution in [0.5, 0.6) is 5.75 Å². The molecule has 2 heterocycles. The van der Waals surface area contributed by atoms with Gasteiger partial charge in [-0.3, -0.25) is 9.78 Å². The number of benzene rings is 2. The van der Waals surface area contributed by atoms with Crippen molar-refractivity contribution in [2.45, 2.75) is 52.0 Å². The van der Waals surface area contributed by atoms with Gasteiger partial charge in [0, 0.05) is 37.5 Å². The first-order valence-corrected chi connectivity index (χ1v) is 12.5. The lowest BCUT2D eigenvalue weighted by molar-refractivity contribution is 0.0953. The van der Waals surface area contributed by atoms with Gasteiger partial charge in [0.05, 0.1) is 17.6 Å². The Kier molecular flexibility index (Phi) is 8.49. The van der Waals surface area contributed by atoms with E-state index in [0.29, 0.717) is 31.1 Å². The molecule has 6 nitrogen and oxygen atoms in total. The molecule has 2 aromatic carbocycles. The lowest BCUT2D eigenvalue weighted by atomic mass is 9.99. The zero-order chi connectivity index (χ0) is 24.5. The molecular weight excluding hydrogens is 436 g/mol. The molecule has 0 saturated carbocycles. The fourth-order valence-corrected chi connectivity index (χ4v) is 4.15. The van der Waals surface area contributed by atoms with Crippen molar-refractivity contribution in [3.8, 4) is 5.75 Å². The fourth-order valence-electron chi connectivity index (χ4n) is 4.15. The number of aromatic nitrogens is 3. The Hall–Kier alpha value is -3.67. The molecule has 182 valence electrons. The first-order valence-electron chi connectivity index (χ1n) is 12.5. The molecule has 1 amide bonds. The monoisotopic (exact) mass is 470 g/mol. The zero-order valence-electron chi connectivity index (χ0n) is 20.6. The predicted octanol–water partition coefficient (Wildman–Crippen LogP) is 5.78. The molecular formula is C29H34N4O2. The molecule has 1 unspecified atom stereocenters. The Morgan fingerprint density at radius 2 is 1.80 bits per heavy atom. The van der Waals surface area contributed by atoms with Crippen LogP contribution in [-0.2, 0) is 13.0 Å². The highest BCUT2D eigenvalue weighted by atomic mass is 16.5. The minimum Gasteiger partial charge on any atom is -0.494 e. The smallest absolute Gasteiger partial charge is 0.251 e. The number of carbonyl (C=O) groups is 1. The number of rotatable bonds is 12. The highest BCUT2D eigenvalue weighted by molar-refractivity contribution is 5.93. The normalized spacial score (nSPS) is 11.9. The van der Waals surface area contributed by atoms with E-state index in [2.05, 4.69) is 59.0 Å². The number of unbranched alkanes of at least 4 members (excludes halogenated alkanes) is 1. The van der Waals surface area contributed by atoms with Crippen LogP contribution in [0, 0.1) is 0 Å². The van der Waals surface area contributed by atoms with Crippen molar-refractivity contribution < 1.29 is 9.53 Å². The Morgan fingerprint density at radius 1 is 1.03 bits per heavy atom. The van der Waals surface area contributed by atoms with Crippen molar-refractivity contribution in [3.05, 3.63) is 90.0 Å². The van der Waals surface area contributed by atoms with Crippen LogP contribution in [0.1, 0.15) is 60.8 Å². The maximum absolute atomic E-state index is 12.3. The summed E-state index contributed by atoms with van der Waals surface area (Å²) < 4.78 is 8.24. The number of pyridine rings is 1. The number of hydrogen-bond acceptors (Lipinski definition) is 4. The van der Waals surface area contributed by atoms with E-state index in [1.807, 2.05) is 18.2 Å². The average Bonchev–Trinajstić information content (AvgIpc) is 3.26. The van der Waals surface area contributed by atoms with Gasteiger partial charge >= 0.3 is 0 Å². The summed E-state index contributed by atoms with van der Waals surface area (Å²) in [7, 11) is 0. The van der Waals surface area contributed by atoms with Gasteiger partial charge in [0.1, 0.15) is 11.6 Å². The topological polar surface area (TPSA) is 69.0 Å². The van der Waals surface area contributed by atoms with Gasteiger partial charge in [0.15, 0.2) is 0 Å². The van der Waals surface area contributed by atoms with Gasteiger partial charge in [-0.2, -0.15) is 0 Å². The molecule has 0 fully saturated rings. The van der Waals surface area contributed by atoms with E-state index in [4.69, 9.17) is 9.72 Å². The lowest BCUT2D eigenvalue weighted by Gasteiger charge is -2.12. The van der Waals surface area contributed by atoms with Gasteiger partial charge in [-0.05, 0) is 67.1 Å². The molecule has 0 bridgehead atoms.